The number of nitrogen functional groups attached to an aromatic ring is 1. The Kier molecular flexibility index (Phi) is 2.46. The normalized spacial score (nSPS) is 19.0. The van der Waals surface area contributed by atoms with Crippen LogP contribution in [0.4, 0.5) is 5.69 Å². The van der Waals surface area contributed by atoms with Gasteiger partial charge in [0.2, 0.25) is 0 Å². The van der Waals surface area contributed by atoms with Crippen LogP contribution in [0.1, 0.15) is 36.4 Å². The Hall–Kier alpha value is -1.02. The van der Waals surface area contributed by atoms with Crippen molar-refractivity contribution in [1.29, 1.82) is 0 Å². The average Bonchev–Trinajstić information content (AvgIpc) is 2.06. The van der Waals surface area contributed by atoms with E-state index in [-0.39, 0.29) is 6.04 Å². The molecule has 2 heteroatoms. The molecular formula is C12H18N2. The van der Waals surface area contributed by atoms with Crippen LogP contribution >= 0.6 is 0 Å². The number of rotatable bonds is 2. The minimum absolute atomic E-state index is 0.211. The number of aryl methyl sites for hydroxylation is 1. The van der Waals surface area contributed by atoms with Crippen LogP contribution in [0.5, 0.6) is 0 Å². The topological polar surface area (TPSA) is 52.0 Å². The maximum atomic E-state index is 6.18. The van der Waals surface area contributed by atoms with E-state index in [1.54, 1.807) is 0 Å². The van der Waals surface area contributed by atoms with Gasteiger partial charge in [-0.25, -0.2) is 0 Å². The first kappa shape index (κ1) is 9.53. The molecule has 1 unspecified atom stereocenters. The van der Waals surface area contributed by atoms with Gasteiger partial charge in [-0.2, -0.15) is 0 Å². The molecule has 76 valence electrons. The maximum Gasteiger partial charge on any atom is 0.0343 e. The number of hydrogen-bond acceptors (Lipinski definition) is 2. The SMILES string of the molecule is Cc1cc(C(N)C2CCC2)ccc1N. The molecule has 0 heterocycles. The highest BCUT2D eigenvalue weighted by Gasteiger charge is 2.25. The molecule has 0 bridgehead atoms. The van der Waals surface area contributed by atoms with Crippen LogP contribution in [0.2, 0.25) is 0 Å². The fourth-order valence-electron chi connectivity index (χ4n) is 1.98. The summed E-state index contributed by atoms with van der Waals surface area (Å²) in [6.45, 7) is 2.03. The summed E-state index contributed by atoms with van der Waals surface area (Å²) < 4.78 is 0. The Balaban J connectivity index is 2.18. The highest BCUT2D eigenvalue weighted by molar-refractivity contribution is 5.48. The van der Waals surface area contributed by atoms with Crippen LogP contribution in [0.3, 0.4) is 0 Å². The van der Waals surface area contributed by atoms with Gasteiger partial charge in [0.1, 0.15) is 0 Å². The lowest BCUT2D eigenvalue weighted by atomic mass is 9.77. The molecule has 1 aliphatic rings. The van der Waals surface area contributed by atoms with E-state index in [9.17, 15) is 0 Å². The Labute approximate surface area is 85.3 Å². The van der Waals surface area contributed by atoms with Crippen molar-refractivity contribution in [2.24, 2.45) is 11.7 Å². The summed E-state index contributed by atoms with van der Waals surface area (Å²) in [5.74, 6) is 0.693. The van der Waals surface area contributed by atoms with Gasteiger partial charge in [0.15, 0.2) is 0 Å². The van der Waals surface area contributed by atoms with Crippen molar-refractivity contribution in [1.82, 2.24) is 0 Å². The summed E-state index contributed by atoms with van der Waals surface area (Å²) in [5, 5.41) is 0. The molecule has 1 aromatic carbocycles. The molecule has 2 nitrogen and oxygen atoms in total. The highest BCUT2D eigenvalue weighted by atomic mass is 14.7. The summed E-state index contributed by atoms with van der Waals surface area (Å²) in [4.78, 5) is 0. The van der Waals surface area contributed by atoms with Crippen molar-refractivity contribution in [2.75, 3.05) is 5.73 Å². The van der Waals surface area contributed by atoms with Crippen molar-refractivity contribution in [3.05, 3.63) is 29.3 Å². The van der Waals surface area contributed by atoms with E-state index < -0.39 is 0 Å². The van der Waals surface area contributed by atoms with Gasteiger partial charge in [0.05, 0.1) is 0 Å². The molecule has 2 rings (SSSR count). The van der Waals surface area contributed by atoms with Crippen LogP contribution in [-0.2, 0) is 0 Å². The molecule has 0 spiro atoms. The largest absolute Gasteiger partial charge is 0.399 e. The summed E-state index contributed by atoms with van der Waals surface area (Å²) in [7, 11) is 0. The van der Waals surface area contributed by atoms with Crippen LogP contribution < -0.4 is 11.5 Å². The first-order valence-corrected chi connectivity index (χ1v) is 5.30. The smallest absolute Gasteiger partial charge is 0.0343 e. The van der Waals surface area contributed by atoms with Crippen molar-refractivity contribution in [3.8, 4) is 0 Å². The number of anilines is 1. The molecular weight excluding hydrogens is 172 g/mol. The van der Waals surface area contributed by atoms with Crippen molar-refractivity contribution in [2.45, 2.75) is 32.2 Å². The molecule has 0 amide bonds. The van der Waals surface area contributed by atoms with Gasteiger partial charge in [-0.15, -0.1) is 0 Å². The van der Waals surface area contributed by atoms with Crippen molar-refractivity contribution < 1.29 is 0 Å². The lowest BCUT2D eigenvalue weighted by molar-refractivity contribution is 0.264. The third kappa shape index (κ3) is 1.62. The fourth-order valence-corrected chi connectivity index (χ4v) is 1.98. The van der Waals surface area contributed by atoms with Crippen LogP contribution in [0.15, 0.2) is 18.2 Å². The molecule has 14 heavy (non-hydrogen) atoms. The van der Waals surface area contributed by atoms with Gasteiger partial charge >= 0.3 is 0 Å². The predicted molar refractivity (Wildman–Crippen MR) is 59.9 cm³/mol. The summed E-state index contributed by atoms with van der Waals surface area (Å²) in [6.07, 6.45) is 3.90. The maximum absolute atomic E-state index is 6.18. The number of hydrogen-bond donors (Lipinski definition) is 2. The average molecular weight is 190 g/mol. The van der Waals surface area contributed by atoms with E-state index in [4.69, 9.17) is 11.5 Å². The minimum Gasteiger partial charge on any atom is -0.399 e. The van der Waals surface area contributed by atoms with E-state index in [0.717, 1.165) is 11.3 Å². The molecule has 0 aromatic heterocycles. The molecule has 1 aromatic rings. The fraction of sp³-hybridized carbons (Fsp3) is 0.500. The lowest BCUT2D eigenvalue weighted by Crippen LogP contribution is -2.26. The van der Waals surface area contributed by atoms with Gasteiger partial charge in [0.25, 0.3) is 0 Å². The predicted octanol–water partition coefficient (Wildman–Crippen LogP) is 2.38. The van der Waals surface area contributed by atoms with Crippen molar-refractivity contribution in [3.63, 3.8) is 0 Å². The van der Waals surface area contributed by atoms with Gasteiger partial charge in [0, 0.05) is 11.7 Å². The second kappa shape index (κ2) is 3.62. The zero-order valence-corrected chi connectivity index (χ0v) is 8.66. The van der Waals surface area contributed by atoms with Gasteiger partial charge in [-0.1, -0.05) is 18.6 Å². The first-order chi connectivity index (χ1) is 6.68. The lowest BCUT2D eigenvalue weighted by Gasteiger charge is -2.31. The number of benzene rings is 1. The minimum atomic E-state index is 0.211. The Morgan fingerprint density at radius 1 is 1.36 bits per heavy atom. The quantitative estimate of drug-likeness (QED) is 0.703. The summed E-state index contributed by atoms with van der Waals surface area (Å²) >= 11 is 0. The highest BCUT2D eigenvalue weighted by Crippen LogP contribution is 2.36. The van der Waals surface area contributed by atoms with E-state index in [1.807, 2.05) is 13.0 Å². The van der Waals surface area contributed by atoms with Gasteiger partial charge in [-0.3, -0.25) is 0 Å². The third-order valence-electron chi connectivity index (χ3n) is 3.34. The Morgan fingerprint density at radius 3 is 2.57 bits per heavy atom. The molecule has 4 N–H and O–H groups in total. The van der Waals surface area contributed by atoms with Gasteiger partial charge in [-0.05, 0) is 42.9 Å². The summed E-state index contributed by atoms with van der Waals surface area (Å²) in [6, 6.07) is 6.36. The van der Waals surface area contributed by atoms with Crippen LogP contribution in [0.25, 0.3) is 0 Å². The molecule has 1 aliphatic carbocycles. The molecule has 0 saturated heterocycles. The monoisotopic (exact) mass is 190 g/mol. The van der Waals surface area contributed by atoms with Crippen LogP contribution in [0, 0.1) is 12.8 Å². The molecule has 1 atom stereocenters. The van der Waals surface area contributed by atoms with Crippen LogP contribution in [-0.4, -0.2) is 0 Å². The standard InChI is InChI=1S/C12H18N2/c1-8-7-10(5-6-11(8)13)12(14)9-3-2-4-9/h5-7,9,12H,2-4,13-14H2,1H3. The van der Waals surface area contributed by atoms with Gasteiger partial charge < -0.3 is 11.5 Å². The Morgan fingerprint density at radius 2 is 2.07 bits per heavy atom. The van der Waals surface area contributed by atoms with E-state index in [0.29, 0.717) is 5.92 Å². The van der Waals surface area contributed by atoms with E-state index in [1.165, 1.54) is 24.8 Å². The van der Waals surface area contributed by atoms with Crippen molar-refractivity contribution >= 4 is 5.69 Å². The number of nitrogens with two attached hydrogens (primary N) is 2. The zero-order chi connectivity index (χ0) is 10.1. The third-order valence-corrected chi connectivity index (χ3v) is 3.34. The second-order valence-electron chi connectivity index (χ2n) is 4.33. The zero-order valence-electron chi connectivity index (χ0n) is 8.66. The molecule has 0 aliphatic heterocycles. The first-order valence-electron chi connectivity index (χ1n) is 5.30. The van der Waals surface area contributed by atoms with E-state index >= 15 is 0 Å². The summed E-state index contributed by atoms with van der Waals surface area (Å²) in [5.41, 5.74) is 15.2. The molecule has 0 radical (unpaired) electrons. The second-order valence-corrected chi connectivity index (χ2v) is 4.33. The van der Waals surface area contributed by atoms with E-state index in [2.05, 4.69) is 12.1 Å². The molecule has 1 fully saturated rings. The molecule has 1 saturated carbocycles. The Bertz CT molecular complexity index is 329.